The molecule has 0 N–H and O–H groups in total. The van der Waals surface area contributed by atoms with Crippen LogP contribution >= 0.6 is 11.6 Å². The van der Waals surface area contributed by atoms with Crippen molar-refractivity contribution in [3.05, 3.63) is 112 Å². The van der Waals surface area contributed by atoms with Gasteiger partial charge in [-0.2, -0.15) is 0 Å². The van der Waals surface area contributed by atoms with Crippen LogP contribution in [0.3, 0.4) is 0 Å². The smallest absolute Gasteiger partial charge is 0.231 e. The summed E-state index contributed by atoms with van der Waals surface area (Å²) in [6, 6.07) is 21.3. The molecular formula is C25H17ClO4. The summed E-state index contributed by atoms with van der Waals surface area (Å²) >= 11 is 5.84. The van der Waals surface area contributed by atoms with Gasteiger partial charge in [0.05, 0.1) is 5.56 Å². The van der Waals surface area contributed by atoms with Gasteiger partial charge in [-0.25, -0.2) is 0 Å². The van der Waals surface area contributed by atoms with Crippen molar-refractivity contribution in [1.82, 2.24) is 0 Å². The Morgan fingerprint density at radius 3 is 2.53 bits per heavy atom. The lowest BCUT2D eigenvalue weighted by molar-refractivity contribution is 0.0921. The molecule has 30 heavy (non-hydrogen) atoms. The quantitative estimate of drug-likeness (QED) is 0.378. The highest BCUT2D eigenvalue weighted by Crippen LogP contribution is 2.34. The van der Waals surface area contributed by atoms with E-state index in [1.54, 1.807) is 54.6 Å². The molecule has 1 heterocycles. The monoisotopic (exact) mass is 416 g/mol. The third-order valence-corrected chi connectivity index (χ3v) is 4.77. The molecule has 0 radical (unpaired) electrons. The van der Waals surface area contributed by atoms with Gasteiger partial charge in [0.15, 0.2) is 18.1 Å². The second kappa shape index (κ2) is 8.80. The number of ether oxygens (including phenoxy) is 2. The lowest BCUT2D eigenvalue weighted by Crippen LogP contribution is -2.11. The van der Waals surface area contributed by atoms with Crippen LogP contribution in [0.15, 0.2) is 90.7 Å². The lowest BCUT2D eigenvalue weighted by Gasteiger charge is -2.07. The zero-order valence-electron chi connectivity index (χ0n) is 15.9. The van der Waals surface area contributed by atoms with Crippen LogP contribution in [0.25, 0.3) is 6.08 Å². The highest BCUT2D eigenvalue weighted by molar-refractivity contribution is 6.30. The maximum absolute atomic E-state index is 12.5. The van der Waals surface area contributed by atoms with Crippen LogP contribution in [-0.4, -0.2) is 18.2 Å². The van der Waals surface area contributed by atoms with Gasteiger partial charge in [-0.1, -0.05) is 54.1 Å². The number of ketones is 2. The first kappa shape index (κ1) is 19.7. The largest absolute Gasteiger partial charge is 0.485 e. The molecule has 4 rings (SSSR count). The van der Waals surface area contributed by atoms with E-state index < -0.39 is 0 Å². The van der Waals surface area contributed by atoms with Crippen molar-refractivity contribution in [1.29, 1.82) is 0 Å². The van der Waals surface area contributed by atoms with Crippen LogP contribution in [0.2, 0.25) is 5.02 Å². The zero-order valence-corrected chi connectivity index (χ0v) is 16.6. The van der Waals surface area contributed by atoms with E-state index in [0.717, 1.165) is 5.56 Å². The average molecular weight is 417 g/mol. The van der Waals surface area contributed by atoms with E-state index in [2.05, 4.69) is 0 Å². The Morgan fingerprint density at radius 2 is 1.77 bits per heavy atom. The van der Waals surface area contributed by atoms with Crippen molar-refractivity contribution in [3.63, 3.8) is 0 Å². The van der Waals surface area contributed by atoms with Gasteiger partial charge in [0, 0.05) is 16.7 Å². The van der Waals surface area contributed by atoms with E-state index in [0.29, 0.717) is 27.6 Å². The molecule has 0 bridgehead atoms. The van der Waals surface area contributed by atoms with Gasteiger partial charge >= 0.3 is 0 Å². The van der Waals surface area contributed by atoms with Crippen molar-refractivity contribution in [2.45, 2.75) is 0 Å². The Bertz CT molecular complexity index is 1150. The molecule has 5 heteroatoms. The number of fused-ring (bicyclic) bond motifs is 1. The van der Waals surface area contributed by atoms with Gasteiger partial charge in [0.2, 0.25) is 5.78 Å². The van der Waals surface area contributed by atoms with Gasteiger partial charge in [-0.3, -0.25) is 9.59 Å². The Morgan fingerprint density at radius 1 is 1.00 bits per heavy atom. The second-order valence-electron chi connectivity index (χ2n) is 6.61. The summed E-state index contributed by atoms with van der Waals surface area (Å²) in [4.78, 5) is 24.7. The van der Waals surface area contributed by atoms with Crippen LogP contribution in [0.5, 0.6) is 11.5 Å². The SMILES string of the molecule is O=C(COc1ccc2c(c1)O/C(=C\C=C\c1ccccc1)C2=O)c1ccc(Cl)cc1. The number of benzene rings is 3. The first-order valence-electron chi connectivity index (χ1n) is 9.32. The predicted molar refractivity (Wildman–Crippen MR) is 116 cm³/mol. The van der Waals surface area contributed by atoms with Crippen molar-refractivity contribution in [3.8, 4) is 11.5 Å². The van der Waals surface area contributed by atoms with E-state index in [1.165, 1.54) is 0 Å². The minimum Gasteiger partial charge on any atom is -0.485 e. The van der Waals surface area contributed by atoms with Crippen LogP contribution < -0.4 is 9.47 Å². The van der Waals surface area contributed by atoms with Gasteiger partial charge in [-0.15, -0.1) is 0 Å². The molecule has 3 aromatic rings. The Labute approximate surface area is 179 Å². The van der Waals surface area contributed by atoms with Crippen LogP contribution in [0, 0.1) is 0 Å². The molecule has 0 spiro atoms. The summed E-state index contributed by atoms with van der Waals surface area (Å²) in [5.74, 6) is 0.745. The summed E-state index contributed by atoms with van der Waals surface area (Å²) in [6.07, 6.45) is 5.31. The topological polar surface area (TPSA) is 52.6 Å². The van der Waals surface area contributed by atoms with E-state index >= 15 is 0 Å². The standard InChI is InChI=1S/C25H17ClO4/c26-19-11-9-18(10-12-19)22(27)16-29-20-13-14-21-24(15-20)30-23(25(21)28)8-4-7-17-5-2-1-3-6-17/h1-15H,16H2/b7-4+,23-8-. The maximum Gasteiger partial charge on any atom is 0.231 e. The molecule has 0 saturated carbocycles. The molecule has 0 unspecified atom stereocenters. The molecule has 3 aromatic carbocycles. The maximum atomic E-state index is 12.5. The molecular weight excluding hydrogens is 400 g/mol. The molecule has 148 valence electrons. The van der Waals surface area contributed by atoms with Crippen molar-refractivity contribution in [2.24, 2.45) is 0 Å². The Balaban J connectivity index is 1.41. The molecule has 1 aliphatic rings. The zero-order chi connectivity index (χ0) is 20.9. The van der Waals surface area contributed by atoms with E-state index in [-0.39, 0.29) is 23.9 Å². The van der Waals surface area contributed by atoms with Crippen LogP contribution in [0.1, 0.15) is 26.3 Å². The minimum absolute atomic E-state index is 0.128. The Hall–Kier alpha value is -3.63. The van der Waals surface area contributed by atoms with Crippen LogP contribution in [0.4, 0.5) is 0 Å². The number of halogens is 1. The normalized spacial score (nSPS) is 14.0. The summed E-state index contributed by atoms with van der Waals surface area (Å²) < 4.78 is 11.3. The number of hydrogen-bond acceptors (Lipinski definition) is 4. The van der Waals surface area contributed by atoms with E-state index in [9.17, 15) is 9.59 Å². The number of hydrogen-bond donors (Lipinski definition) is 0. The van der Waals surface area contributed by atoms with Crippen molar-refractivity contribution in [2.75, 3.05) is 6.61 Å². The second-order valence-corrected chi connectivity index (χ2v) is 7.05. The van der Waals surface area contributed by atoms with Gasteiger partial charge in [-0.05, 0) is 48.0 Å². The van der Waals surface area contributed by atoms with Gasteiger partial charge in [0.25, 0.3) is 0 Å². The number of rotatable bonds is 6. The van der Waals surface area contributed by atoms with Crippen LogP contribution in [-0.2, 0) is 0 Å². The molecule has 0 atom stereocenters. The molecule has 0 aliphatic carbocycles. The number of carbonyl (C=O) groups is 2. The molecule has 0 aromatic heterocycles. The first-order chi connectivity index (χ1) is 14.6. The van der Waals surface area contributed by atoms with E-state index in [1.807, 2.05) is 36.4 Å². The fourth-order valence-corrected chi connectivity index (χ4v) is 3.08. The van der Waals surface area contributed by atoms with Gasteiger partial charge in [0.1, 0.15) is 11.5 Å². The highest BCUT2D eigenvalue weighted by Gasteiger charge is 2.27. The Kier molecular flexibility index (Phi) is 5.77. The number of Topliss-reactive ketones (excluding diaryl/α,β-unsaturated/α-hetero) is 2. The fraction of sp³-hybridized carbons (Fsp3) is 0.0400. The van der Waals surface area contributed by atoms with Crippen molar-refractivity contribution >= 4 is 29.2 Å². The fourth-order valence-electron chi connectivity index (χ4n) is 2.95. The van der Waals surface area contributed by atoms with Crippen molar-refractivity contribution < 1.29 is 19.1 Å². The summed E-state index contributed by atoms with van der Waals surface area (Å²) in [5.41, 5.74) is 2.01. The summed E-state index contributed by atoms with van der Waals surface area (Å²) in [6.45, 7) is -0.128. The third-order valence-electron chi connectivity index (χ3n) is 4.51. The summed E-state index contributed by atoms with van der Waals surface area (Å²) in [5, 5.41) is 0.565. The lowest BCUT2D eigenvalue weighted by atomic mass is 10.1. The molecule has 0 amide bonds. The molecule has 1 aliphatic heterocycles. The molecule has 0 saturated heterocycles. The minimum atomic E-state index is -0.188. The predicted octanol–water partition coefficient (Wildman–Crippen LogP) is 5.77. The first-order valence-corrected chi connectivity index (χ1v) is 9.69. The molecule has 0 fully saturated rings. The van der Waals surface area contributed by atoms with E-state index in [4.69, 9.17) is 21.1 Å². The number of carbonyl (C=O) groups excluding carboxylic acids is 2. The summed E-state index contributed by atoms with van der Waals surface area (Å²) in [7, 11) is 0. The third kappa shape index (κ3) is 4.50. The van der Waals surface area contributed by atoms with Gasteiger partial charge < -0.3 is 9.47 Å². The molecule has 4 nitrogen and oxygen atoms in total. The highest BCUT2D eigenvalue weighted by atomic mass is 35.5. The number of allylic oxidation sites excluding steroid dienone is 3. The average Bonchev–Trinajstić information content (AvgIpc) is 3.08.